The van der Waals surface area contributed by atoms with E-state index in [4.69, 9.17) is 9.47 Å². The number of nitrogens with zero attached hydrogens (tertiary/aromatic N) is 2. The van der Waals surface area contributed by atoms with Crippen molar-refractivity contribution in [1.29, 1.82) is 0 Å². The normalized spacial score (nSPS) is 9.87. The molecule has 1 heterocycles. The van der Waals surface area contributed by atoms with Gasteiger partial charge in [0.15, 0.2) is 0 Å². The number of aryl methyl sites for hydroxylation is 2. The maximum atomic E-state index is 11.8. The monoisotopic (exact) mass is 314 g/mol. The number of rotatable bonds is 4. The highest BCUT2D eigenvalue weighted by molar-refractivity contribution is 5.26. The minimum Gasteiger partial charge on any atom is -0.481 e. The molecule has 120 valence electrons. The van der Waals surface area contributed by atoms with Gasteiger partial charge >= 0.3 is 5.69 Å². The Labute approximate surface area is 133 Å². The number of ether oxygens (including phenoxy) is 2. The average molecular weight is 314 g/mol. The molecule has 0 atom stereocenters. The van der Waals surface area contributed by atoms with Gasteiger partial charge in [0.2, 0.25) is 5.75 Å². The Bertz CT molecular complexity index is 851. The van der Waals surface area contributed by atoms with Gasteiger partial charge in [0.25, 0.3) is 5.56 Å². The van der Waals surface area contributed by atoms with Gasteiger partial charge in [0.05, 0.1) is 6.20 Å². The van der Waals surface area contributed by atoms with Gasteiger partial charge < -0.3 is 9.47 Å². The first kappa shape index (κ1) is 16.4. The van der Waals surface area contributed by atoms with Gasteiger partial charge in [-0.25, -0.2) is 4.79 Å². The Balaban J connectivity index is 1.88. The summed E-state index contributed by atoms with van der Waals surface area (Å²) in [7, 11) is 2.95. The van der Waals surface area contributed by atoms with Gasteiger partial charge in [0, 0.05) is 14.1 Å². The Kier molecular flexibility index (Phi) is 5.26. The topological polar surface area (TPSA) is 62.5 Å². The Morgan fingerprint density at radius 3 is 2.26 bits per heavy atom. The van der Waals surface area contributed by atoms with E-state index in [1.807, 2.05) is 31.2 Å². The van der Waals surface area contributed by atoms with E-state index >= 15 is 0 Å². The molecule has 6 nitrogen and oxygen atoms in total. The van der Waals surface area contributed by atoms with E-state index in [0.29, 0.717) is 0 Å². The van der Waals surface area contributed by atoms with Crippen LogP contribution in [0.1, 0.15) is 5.56 Å². The van der Waals surface area contributed by atoms with Crippen LogP contribution in [0, 0.1) is 18.8 Å². The molecule has 0 N–H and O–H groups in total. The fourth-order valence-corrected chi connectivity index (χ4v) is 1.84. The van der Waals surface area contributed by atoms with Crippen molar-refractivity contribution in [2.24, 2.45) is 14.1 Å². The van der Waals surface area contributed by atoms with Gasteiger partial charge in [-0.2, -0.15) is 0 Å². The highest BCUT2D eigenvalue weighted by Gasteiger charge is 2.06. The maximum Gasteiger partial charge on any atom is 0.330 e. The molecule has 0 bridgehead atoms. The summed E-state index contributed by atoms with van der Waals surface area (Å²) in [6.45, 7) is 2.28. The van der Waals surface area contributed by atoms with E-state index in [1.165, 1.54) is 17.8 Å². The summed E-state index contributed by atoms with van der Waals surface area (Å²) in [5, 5.41) is 0. The quantitative estimate of drug-likeness (QED) is 0.785. The molecule has 0 fully saturated rings. The second-order valence-corrected chi connectivity index (χ2v) is 4.99. The summed E-state index contributed by atoms with van der Waals surface area (Å²) < 4.78 is 13.0. The molecule has 0 unspecified atom stereocenters. The second-order valence-electron chi connectivity index (χ2n) is 4.99. The third-order valence-corrected chi connectivity index (χ3v) is 3.17. The number of benzene rings is 1. The average Bonchev–Trinajstić information content (AvgIpc) is 2.55. The molecule has 0 saturated carbocycles. The predicted molar refractivity (Wildman–Crippen MR) is 86.9 cm³/mol. The van der Waals surface area contributed by atoms with E-state index in [0.717, 1.165) is 15.9 Å². The Morgan fingerprint density at radius 1 is 1.00 bits per heavy atom. The lowest BCUT2D eigenvalue weighted by atomic mass is 10.2. The van der Waals surface area contributed by atoms with E-state index < -0.39 is 11.2 Å². The van der Waals surface area contributed by atoms with Crippen molar-refractivity contribution in [2.45, 2.75) is 6.92 Å². The van der Waals surface area contributed by atoms with Crippen molar-refractivity contribution in [3.8, 4) is 23.3 Å². The zero-order valence-corrected chi connectivity index (χ0v) is 13.3. The molecular weight excluding hydrogens is 296 g/mol. The molecule has 0 aliphatic heterocycles. The van der Waals surface area contributed by atoms with Crippen LogP contribution < -0.4 is 20.7 Å². The molecule has 6 heteroatoms. The van der Waals surface area contributed by atoms with Crippen LogP contribution in [0.5, 0.6) is 11.5 Å². The summed E-state index contributed by atoms with van der Waals surface area (Å²) in [5.74, 6) is 6.40. The minimum absolute atomic E-state index is 0.0463. The summed E-state index contributed by atoms with van der Waals surface area (Å²) >= 11 is 0. The fraction of sp³-hybridized carbons (Fsp3) is 0.294. The number of hydrogen-bond donors (Lipinski definition) is 0. The summed E-state index contributed by atoms with van der Waals surface area (Å²) in [5.41, 5.74) is 0.279. The van der Waals surface area contributed by atoms with Crippen molar-refractivity contribution in [2.75, 3.05) is 13.2 Å². The van der Waals surface area contributed by atoms with Crippen molar-refractivity contribution >= 4 is 0 Å². The van der Waals surface area contributed by atoms with E-state index in [2.05, 4.69) is 11.8 Å². The third kappa shape index (κ3) is 4.27. The SMILES string of the molecule is Cc1ccc(OCC#CCOc2cn(C)c(=O)n(C)c2=O)cc1. The van der Waals surface area contributed by atoms with Gasteiger partial charge in [-0.3, -0.25) is 13.9 Å². The lowest BCUT2D eigenvalue weighted by Crippen LogP contribution is -2.37. The zero-order valence-electron chi connectivity index (χ0n) is 13.3. The Hall–Kier alpha value is -2.94. The zero-order chi connectivity index (χ0) is 16.8. The Morgan fingerprint density at radius 2 is 1.61 bits per heavy atom. The number of hydrogen-bond acceptors (Lipinski definition) is 4. The van der Waals surface area contributed by atoms with Gasteiger partial charge in [0.1, 0.15) is 19.0 Å². The maximum absolute atomic E-state index is 11.8. The second kappa shape index (κ2) is 7.36. The smallest absolute Gasteiger partial charge is 0.330 e. The van der Waals surface area contributed by atoms with E-state index in [1.54, 1.807) is 7.05 Å². The van der Waals surface area contributed by atoms with Crippen LogP contribution in [-0.4, -0.2) is 22.3 Å². The van der Waals surface area contributed by atoms with Gasteiger partial charge in [-0.1, -0.05) is 29.5 Å². The summed E-state index contributed by atoms with van der Waals surface area (Å²) in [4.78, 5) is 23.4. The van der Waals surface area contributed by atoms with E-state index in [-0.39, 0.29) is 19.0 Å². The van der Waals surface area contributed by atoms with Crippen molar-refractivity contribution in [3.05, 3.63) is 56.9 Å². The fourth-order valence-electron chi connectivity index (χ4n) is 1.84. The highest BCUT2D eigenvalue weighted by Crippen LogP contribution is 2.10. The third-order valence-electron chi connectivity index (χ3n) is 3.17. The minimum atomic E-state index is -0.481. The molecule has 2 rings (SSSR count). The standard InChI is InChI=1S/C17H18N2O4/c1-13-6-8-14(9-7-13)22-10-4-5-11-23-15-12-18(2)17(21)19(3)16(15)20/h6-9,12H,10-11H2,1-3H3. The molecule has 2 aromatic rings. The number of aromatic nitrogens is 2. The molecule has 0 spiro atoms. The molecule has 1 aromatic heterocycles. The first-order valence-corrected chi connectivity index (χ1v) is 7.03. The van der Waals surface area contributed by atoms with Crippen LogP contribution in [0.3, 0.4) is 0 Å². The van der Waals surface area contributed by atoms with Gasteiger partial charge in [-0.05, 0) is 19.1 Å². The van der Waals surface area contributed by atoms with Crippen LogP contribution in [0.2, 0.25) is 0 Å². The lowest BCUT2D eigenvalue weighted by Gasteiger charge is -2.06. The van der Waals surface area contributed by atoms with Crippen LogP contribution in [0.4, 0.5) is 0 Å². The largest absolute Gasteiger partial charge is 0.481 e. The van der Waals surface area contributed by atoms with Crippen molar-refractivity contribution in [1.82, 2.24) is 9.13 Å². The molecule has 0 radical (unpaired) electrons. The molecule has 23 heavy (non-hydrogen) atoms. The van der Waals surface area contributed by atoms with Crippen LogP contribution in [0.15, 0.2) is 40.1 Å². The lowest BCUT2D eigenvalue weighted by molar-refractivity contribution is 0.352. The van der Waals surface area contributed by atoms with Crippen LogP contribution >= 0.6 is 0 Å². The van der Waals surface area contributed by atoms with Crippen molar-refractivity contribution in [3.63, 3.8) is 0 Å². The first-order chi connectivity index (χ1) is 11.0. The van der Waals surface area contributed by atoms with E-state index in [9.17, 15) is 9.59 Å². The predicted octanol–water partition coefficient (Wildman–Crippen LogP) is 0.854. The van der Waals surface area contributed by atoms with Crippen LogP contribution in [-0.2, 0) is 14.1 Å². The van der Waals surface area contributed by atoms with Crippen LogP contribution in [0.25, 0.3) is 0 Å². The molecular formula is C17H18N2O4. The van der Waals surface area contributed by atoms with Gasteiger partial charge in [-0.15, -0.1) is 0 Å². The molecule has 0 saturated heterocycles. The summed E-state index contributed by atoms with van der Waals surface area (Å²) in [6, 6.07) is 7.67. The molecule has 1 aromatic carbocycles. The molecule has 0 amide bonds. The summed E-state index contributed by atoms with van der Waals surface area (Å²) in [6.07, 6.45) is 1.36. The first-order valence-electron chi connectivity index (χ1n) is 7.03. The molecule has 0 aliphatic carbocycles. The van der Waals surface area contributed by atoms with Crippen molar-refractivity contribution < 1.29 is 9.47 Å². The highest BCUT2D eigenvalue weighted by atomic mass is 16.5. The molecule has 0 aliphatic rings.